The van der Waals surface area contributed by atoms with Crippen LogP contribution in [0, 0.1) is 0 Å². The third-order valence-corrected chi connectivity index (χ3v) is 0. The molecule has 0 aliphatic rings. The molecule has 0 aromatic carbocycles. The Bertz CT molecular complexity index is 33.8. The Morgan fingerprint density at radius 1 is 1.33 bits per heavy atom. The average Bonchev–Trinajstić information content (AvgIpc) is 0.811. The molecular weight excluding hydrogens is 186 g/mol. The van der Waals surface area contributed by atoms with E-state index in [4.69, 9.17) is 15.0 Å². The van der Waals surface area contributed by atoms with Crippen molar-refractivity contribution in [3.63, 3.8) is 0 Å². The standard InChI is InChI=1S/CH2O3.Na.Rh.H/c2-1(3)4;;;/h(H2,2,3,4);;;. The molecule has 0 saturated carbocycles. The Kier molecular flexibility index (Phi) is 24.5. The Labute approximate surface area is 69.8 Å². The van der Waals surface area contributed by atoms with Gasteiger partial charge >= 0.3 is 35.7 Å². The van der Waals surface area contributed by atoms with Gasteiger partial charge in [-0.25, -0.2) is 4.79 Å². The third-order valence-electron chi connectivity index (χ3n) is 0. The van der Waals surface area contributed by atoms with Gasteiger partial charge in [0.05, 0.1) is 0 Å². The number of rotatable bonds is 0. The van der Waals surface area contributed by atoms with Crippen LogP contribution in [0.2, 0.25) is 0 Å². The summed E-state index contributed by atoms with van der Waals surface area (Å²) in [4.78, 5) is 8.56. The van der Waals surface area contributed by atoms with Crippen LogP contribution >= 0.6 is 0 Å². The predicted octanol–water partition coefficient (Wildman–Crippen LogP) is -0.429. The number of hydrogen-bond donors (Lipinski definition) is 2. The van der Waals surface area contributed by atoms with Gasteiger partial charge in [0.2, 0.25) is 0 Å². The second kappa shape index (κ2) is 9.31. The van der Waals surface area contributed by atoms with Crippen molar-refractivity contribution in [2.75, 3.05) is 0 Å². The Balaban J connectivity index is -0.0000000450. The van der Waals surface area contributed by atoms with Crippen molar-refractivity contribution in [3.8, 4) is 0 Å². The van der Waals surface area contributed by atoms with Gasteiger partial charge in [0.1, 0.15) is 0 Å². The first-order valence-electron chi connectivity index (χ1n) is 0.651. The molecule has 3 nitrogen and oxygen atoms in total. The van der Waals surface area contributed by atoms with Crippen LogP contribution in [0.5, 0.6) is 0 Å². The van der Waals surface area contributed by atoms with Crippen LogP contribution in [0.15, 0.2) is 0 Å². The van der Waals surface area contributed by atoms with Crippen molar-refractivity contribution in [1.82, 2.24) is 0 Å². The van der Waals surface area contributed by atoms with E-state index >= 15 is 0 Å². The second-order valence-corrected chi connectivity index (χ2v) is 0.283. The number of carbonyl (C=O) groups is 1. The van der Waals surface area contributed by atoms with Crippen LogP contribution in [-0.4, -0.2) is 45.9 Å². The monoisotopic (exact) mass is 189 g/mol. The van der Waals surface area contributed by atoms with Crippen LogP contribution in [0.25, 0.3) is 0 Å². The summed E-state index contributed by atoms with van der Waals surface area (Å²) >= 11 is 0. The van der Waals surface area contributed by atoms with Crippen molar-refractivity contribution in [1.29, 1.82) is 0 Å². The zero-order chi connectivity index (χ0) is 3.58. The maximum atomic E-state index is 8.56. The molecule has 0 atom stereocenters. The quantitative estimate of drug-likeness (QED) is 0.508. The molecule has 0 saturated heterocycles. The van der Waals surface area contributed by atoms with E-state index in [2.05, 4.69) is 0 Å². The molecule has 0 heterocycles. The van der Waals surface area contributed by atoms with Crippen molar-refractivity contribution in [2.45, 2.75) is 0 Å². The smallest absolute Gasteiger partial charge is 0 e. The van der Waals surface area contributed by atoms with Crippen LogP contribution in [-0.2, 0) is 19.5 Å². The van der Waals surface area contributed by atoms with Crippen molar-refractivity contribution in [3.05, 3.63) is 0 Å². The predicted molar refractivity (Wildman–Crippen MR) is 17.8 cm³/mol. The molecular formula is CH3NaO3Rh. The first-order chi connectivity index (χ1) is 1.73. The van der Waals surface area contributed by atoms with E-state index in [-0.39, 0.29) is 49.0 Å². The zero-order valence-corrected chi connectivity index (χ0v) is 3.77. The van der Waals surface area contributed by atoms with E-state index < -0.39 is 6.16 Å². The maximum Gasteiger partial charge on any atom is 0 e. The summed E-state index contributed by atoms with van der Waals surface area (Å²) in [6, 6.07) is 0. The summed E-state index contributed by atoms with van der Waals surface area (Å²) in [5.74, 6) is 0. The van der Waals surface area contributed by atoms with Gasteiger partial charge in [-0.2, -0.15) is 0 Å². The molecule has 0 aromatic rings. The van der Waals surface area contributed by atoms with E-state index in [1.807, 2.05) is 0 Å². The Morgan fingerprint density at radius 2 is 1.33 bits per heavy atom. The first kappa shape index (κ1) is 15.8. The summed E-state index contributed by atoms with van der Waals surface area (Å²) in [7, 11) is 0. The fourth-order valence-corrected chi connectivity index (χ4v) is 0. The molecule has 0 bridgehead atoms. The summed E-state index contributed by atoms with van der Waals surface area (Å²) in [5.41, 5.74) is 0. The van der Waals surface area contributed by atoms with Crippen LogP contribution < -0.4 is 0 Å². The topological polar surface area (TPSA) is 57.5 Å². The van der Waals surface area contributed by atoms with Gasteiger partial charge in [0.25, 0.3) is 0 Å². The Morgan fingerprint density at radius 3 is 1.33 bits per heavy atom. The van der Waals surface area contributed by atoms with Gasteiger partial charge in [-0.05, 0) is 0 Å². The molecule has 0 unspecified atom stereocenters. The molecule has 0 aliphatic carbocycles. The summed E-state index contributed by atoms with van der Waals surface area (Å²) in [5, 5.41) is 13.9. The Hall–Kier alpha value is 0.893. The fourth-order valence-electron chi connectivity index (χ4n) is 0. The van der Waals surface area contributed by atoms with Crippen LogP contribution in [0.4, 0.5) is 4.79 Å². The van der Waals surface area contributed by atoms with E-state index in [0.29, 0.717) is 0 Å². The normalized spacial score (nSPS) is 4.00. The summed E-state index contributed by atoms with van der Waals surface area (Å²) in [6.45, 7) is 0. The van der Waals surface area contributed by atoms with Crippen molar-refractivity contribution < 1.29 is 34.5 Å². The molecule has 0 spiro atoms. The zero-order valence-electron chi connectivity index (χ0n) is 2.14. The van der Waals surface area contributed by atoms with Gasteiger partial charge in [0, 0.05) is 19.5 Å². The largest absolute Gasteiger partial charge is 0 e. The third kappa shape index (κ3) is 92.9. The number of carboxylic acid groups (broad SMARTS) is 2. The molecule has 6 heavy (non-hydrogen) atoms. The second-order valence-electron chi connectivity index (χ2n) is 0.283. The van der Waals surface area contributed by atoms with Crippen LogP contribution in [0.3, 0.4) is 0 Å². The van der Waals surface area contributed by atoms with Gasteiger partial charge in [-0.3, -0.25) is 0 Å². The molecule has 0 aliphatic heterocycles. The maximum absolute atomic E-state index is 8.56. The molecule has 0 aromatic heterocycles. The van der Waals surface area contributed by atoms with Crippen molar-refractivity contribution in [2.24, 2.45) is 0 Å². The minimum atomic E-state index is -1.83. The minimum Gasteiger partial charge on any atom is 0 e. The molecule has 5 heteroatoms. The molecule has 1 radical (unpaired) electrons. The molecule has 2 N–H and O–H groups in total. The minimum absolute atomic E-state index is 0. The van der Waals surface area contributed by atoms with E-state index in [0.717, 1.165) is 0 Å². The first-order valence-corrected chi connectivity index (χ1v) is 0.651. The van der Waals surface area contributed by atoms with Crippen molar-refractivity contribution >= 4 is 35.7 Å². The van der Waals surface area contributed by atoms with Gasteiger partial charge in [0.15, 0.2) is 0 Å². The van der Waals surface area contributed by atoms with E-state index in [1.54, 1.807) is 0 Å². The van der Waals surface area contributed by atoms with E-state index in [9.17, 15) is 0 Å². The molecule has 0 rings (SSSR count). The molecule has 35 valence electrons. The average molecular weight is 189 g/mol. The van der Waals surface area contributed by atoms with Gasteiger partial charge < -0.3 is 10.2 Å². The summed E-state index contributed by atoms with van der Waals surface area (Å²) in [6.07, 6.45) is -1.83. The number of hydrogen-bond acceptors (Lipinski definition) is 1. The molecule has 0 fully saturated rings. The summed E-state index contributed by atoms with van der Waals surface area (Å²) < 4.78 is 0. The molecule has 0 amide bonds. The SMILES string of the molecule is O=C(O)O.[NaH].[Rh]. The van der Waals surface area contributed by atoms with Gasteiger partial charge in [-0.15, -0.1) is 0 Å². The van der Waals surface area contributed by atoms with E-state index in [1.165, 1.54) is 0 Å². The van der Waals surface area contributed by atoms with Gasteiger partial charge in [-0.1, -0.05) is 0 Å². The fraction of sp³-hybridized carbons (Fsp3) is 0. The van der Waals surface area contributed by atoms with Crippen LogP contribution in [0.1, 0.15) is 0 Å².